The number of hydrogen-bond donors (Lipinski definition) is 1. The van der Waals surface area contributed by atoms with Crippen LogP contribution < -0.4 is 5.73 Å². The van der Waals surface area contributed by atoms with Crippen molar-refractivity contribution in [2.24, 2.45) is 11.7 Å². The highest BCUT2D eigenvalue weighted by Crippen LogP contribution is 2.35. The molecule has 3 nitrogen and oxygen atoms in total. The van der Waals surface area contributed by atoms with Crippen molar-refractivity contribution < 1.29 is 4.79 Å². The molecule has 0 unspecified atom stereocenters. The minimum atomic E-state index is -0.113. The molecule has 0 spiro atoms. The quantitative estimate of drug-likeness (QED) is 0.928. The van der Waals surface area contributed by atoms with Crippen LogP contribution in [0.15, 0.2) is 30.3 Å². The van der Waals surface area contributed by atoms with Crippen molar-refractivity contribution in [3.8, 4) is 0 Å². The van der Waals surface area contributed by atoms with Gasteiger partial charge < -0.3 is 5.73 Å². The molecule has 114 valence electrons. The molecule has 1 saturated heterocycles. The Morgan fingerprint density at radius 3 is 2.43 bits per heavy atom. The summed E-state index contributed by atoms with van der Waals surface area (Å²) in [5.41, 5.74) is 6.98. The van der Waals surface area contributed by atoms with E-state index in [9.17, 15) is 4.79 Å². The van der Waals surface area contributed by atoms with Gasteiger partial charge in [0.1, 0.15) is 0 Å². The second-order valence-electron chi connectivity index (χ2n) is 6.65. The van der Waals surface area contributed by atoms with Gasteiger partial charge in [-0.3, -0.25) is 9.69 Å². The molecule has 0 radical (unpaired) electrons. The van der Waals surface area contributed by atoms with Crippen molar-refractivity contribution in [1.82, 2.24) is 4.90 Å². The lowest BCUT2D eigenvalue weighted by Gasteiger charge is -2.40. The van der Waals surface area contributed by atoms with Crippen LogP contribution in [0.1, 0.15) is 50.0 Å². The van der Waals surface area contributed by atoms with Gasteiger partial charge in [0.05, 0.1) is 5.92 Å². The van der Waals surface area contributed by atoms with Crippen molar-refractivity contribution in [1.29, 1.82) is 0 Å². The van der Waals surface area contributed by atoms with Crippen LogP contribution in [0.5, 0.6) is 0 Å². The number of primary amides is 1. The fourth-order valence-corrected chi connectivity index (χ4v) is 4.07. The average Bonchev–Trinajstić information content (AvgIpc) is 2.56. The molecule has 1 aromatic rings. The van der Waals surface area contributed by atoms with E-state index in [0.29, 0.717) is 6.04 Å². The van der Waals surface area contributed by atoms with Gasteiger partial charge in [-0.2, -0.15) is 0 Å². The molecule has 0 bridgehead atoms. The SMILES string of the molecule is NC(=O)[C@@H]1CCCN(C2CCC(c3ccccc3)CC2)C1. The third-order valence-corrected chi connectivity index (χ3v) is 5.34. The van der Waals surface area contributed by atoms with Gasteiger partial charge in [0.15, 0.2) is 0 Å². The summed E-state index contributed by atoms with van der Waals surface area (Å²) < 4.78 is 0. The topological polar surface area (TPSA) is 46.3 Å². The molecule has 2 fully saturated rings. The molecule has 21 heavy (non-hydrogen) atoms. The van der Waals surface area contributed by atoms with Gasteiger partial charge in [-0.05, 0) is 56.6 Å². The molecular weight excluding hydrogens is 260 g/mol. The average molecular weight is 286 g/mol. The number of nitrogens with zero attached hydrogens (tertiary/aromatic N) is 1. The van der Waals surface area contributed by atoms with Crippen LogP contribution in [0.3, 0.4) is 0 Å². The zero-order chi connectivity index (χ0) is 14.7. The Balaban J connectivity index is 1.55. The number of likely N-dealkylation sites (tertiary alicyclic amines) is 1. The fraction of sp³-hybridized carbons (Fsp3) is 0.611. The number of nitrogens with two attached hydrogens (primary N) is 1. The molecule has 1 aromatic carbocycles. The molecule has 3 heteroatoms. The first-order valence-electron chi connectivity index (χ1n) is 8.32. The molecule has 2 aliphatic rings. The molecule has 1 heterocycles. The van der Waals surface area contributed by atoms with Crippen molar-refractivity contribution in [3.05, 3.63) is 35.9 Å². The summed E-state index contributed by atoms with van der Waals surface area (Å²) in [6, 6.07) is 11.6. The minimum absolute atomic E-state index is 0.0746. The maximum atomic E-state index is 11.4. The lowest BCUT2D eigenvalue weighted by molar-refractivity contribution is -0.123. The Kier molecular flexibility index (Phi) is 4.59. The zero-order valence-electron chi connectivity index (χ0n) is 12.7. The Labute approximate surface area is 127 Å². The maximum Gasteiger partial charge on any atom is 0.221 e. The summed E-state index contributed by atoms with van der Waals surface area (Å²) in [6.07, 6.45) is 7.15. The monoisotopic (exact) mass is 286 g/mol. The second-order valence-corrected chi connectivity index (χ2v) is 6.65. The first-order chi connectivity index (χ1) is 10.2. The van der Waals surface area contributed by atoms with Crippen LogP contribution in [0, 0.1) is 5.92 Å². The summed E-state index contributed by atoms with van der Waals surface area (Å²) in [6.45, 7) is 2.03. The van der Waals surface area contributed by atoms with E-state index >= 15 is 0 Å². The van der Waals surface area contributed by atoms with Gasteiger partial charge in [0, 0.05) is 12.6 Å². The lowest BCUT2D eigenvalue weighted by Crippen LogP contribution is -2.47. The smallest absolute Gasteiger partial charge is 0.221 e. The Hall–Kier alpha value is -1.35. The van der Waals surface area contributed by atoms with E-state index in [1.54, 1.807) is 0 Å². The molecule has 3 rings (SSSR count). The van der Waals surface area contributed by atoms with Gasteiger partial charge >= 0.3 is 0 Å². The number of rotatable bonds is 3. The van der Waals surface area contributed by atoms with Gasteiger partial charge in [0.2, 0.25) is 5.91 Å². The van der Waals surface area contributed by atoms with Crippen LogP contribution in [-0.4, -0.2) is 29.9 Å². The van der Waals surface area contributed by atoms with E-state index < -0.39 is 0 Å². The molecule has 1 atom stereocenters. The number of piperidine rings is 1. The van der Waals surface area contributed by atoms with E-state index in [1.165, 1.54) is 31.2 Å². The van der Waals surface area contributed by atoms with Crippen LogP contribution in [-0.2, 0) is 4.79 Å². The zero-order valence-corrected chi connectivity index (χ0v) is 12.7. The summed E-state index contributed by atoms with van der Waals surface area (Å²) in [5, 5.41) is 0. The van der Waals surface area contributed by atoms with Gasteiger partial charge in [-0.15, -0.1) is 0 Å². The molecule has 1 saturated carbocycles. The van der Waals surface area contributed by atoms with E-state index in [4.69, 9.17) is 5.73 Å². The number of carbonyl (C=O) groups is 1. The van der Waals surface area contributed by atoms with Gasteiger partial charge in [-0.25, -0.2) is 0 Å². The van der Waals surface area contributed by atoms with Crippen LogP contribution in [0.25, 0.3) is 0 Å². The summed E-state index contributed by atoms with van der Waals surface area (Å²) in [4.78, 5) is 13.9. The predicted molar refractivity (Wildman–Crippen MR) is 84.9 cm³/mol. The number of carbonyl (C=O) groups excluding carboxylic acids is 1. The maximum absolute atomic E-state index is 11.4. The van der Waals surface area contributed by atoms with Crippen molar-refractivity contribution >= 4 is 5.91 Å². The highest BCUT2D eigenvalue weighted by Gasteiger charge is 2.31. The molecule has 1 amide bonds. The van der Waals surface area contributed by atoms with Crippen LogP contribution >= 0.6 is 0 Å². The van der Waals surface area contributed by atoms with E-state index in [1.807, 2.05) is 0 Å². The molecule has 1 aliphatic heterocycles. The number of hydrogen-bond acceptors (Lipinski definition) is 2. The second kappa shape index (κ2) is 6.61. The lowest BCUT2D eigenvalue weighted by atomic mass is 9.80. The summed E-state index contributed by atoms with van der Waals surface area (Å²) in [7, 11) is 0. The normalized spacial score (nSPS) is 31.0. The highest BCUT2D eigenvalue weighted by molar-refractivity contribution is 5.76. The largest absolute Gasteiger partial charge is 0.369 e. The number of benzene rings is 1. The van der Waals surface area contributed by atoms with E-state index in [-0.39, 0.29) is 11.8 Å². The molecule has 0 aromatic heterocycles. The first kappa shape index (κ1) is 14.6. The summed E-state index contributed by atoms with van der Waals surface area (Å²) >= 11 is 0. The third kappa shape index (κ3) is 3.46. The van der Waals surface area contributed by atoms with E-state index in [0.717, 1.165) is 31.8 Å². The van der Waals surface area contributed by atoms with Gasteiger partial charge in [-0.1, -0.05) is 30.3 Å². The predicted octanol–water partition coefficient (Wildman–Crippen LogP) is 2.91. The van der Waals surface area contributed by atoms with Crippen molar-refractivity contribution in [2.75, 3.05) is 13.1 Å². The fourth-order valence-electron chi connectivity index (χ4n) is 4.07. The van der Waals surface area contributed by atoms with E-state index in [2.05, 4.69) is 35.2 Å². The van der Waals surface area contributed by atoms with Crippen molar-refractivity contribution in [2.45, 2.75) is 50.5 Å². The Bertz CT molecular complexity index is 465. The standard InChI is InChI=1S/C18H26N2O/c19-18(21)16-7-4-12-20(13-16)17-10-8-15(9-11-17)14-5-2-1-3-6-14/h1-3,5-6,15-17H,4,7-13H2,(H2,19,21)/t15?,16-,17?/m1/s1. The van der Waals surface area contributed by atoms with Crippen molar-refractivity contribution in [3.63, 3.8) is 0 Å². The third-order valence-electron chi connectivity index (χ3n) is 5.34. The number of amides is 1. The highest BCUT2D eigenvalue weighted by atomic mass is 16.1. The van der Waals surface area contributed by atoms with Gasteiger partial charge in [0.25, 0.3) is 0 Å². The Morgan fingerprint density at radius 2 is 1.76 bits per heavy atom. The minimum Gasteiger partial charge on any atom is -0.369 e. The molecule has 1 aliphatic carbocycles. The Morgan fingerprint density at radius 1 is 1.05 bits per heavy atom. The van der Waals surface area contributed by atoms with Crippen LogP contribution in [0.2, 0.25) is 0 Å². The molecule has 2 N–H and O–H groups in total. The first-order valence-corrected chi connectivity index (χ1v) is 8.32. The molecular formula is C18H26N2O. The van der Waals surface area contributed by atoms with Crippen LogP contribution in [0.4, 0.5) is 0 Å². The summed E-state index contributed by atoms with van der Waals surface area (Å²) in [5.74, 6) is 0.683.